The summed E-state index contributed by atoms with van der Waals surface area (Å²) in [6, 6.07) is -0.694. The maximum atomic E-state index is 12.5. The third kappa shape index (κ3) is 2.91. The van der Waals surface area contributed by atoms with Crippen LogP contribution >= 0.6 is 0 Å². The van der Waals surface area contributed by atoms with Gasteiger partial charge in [0.2, 0.25) is 11.8 Å². The molecule has 0 aromatic heterocycles. The highest BCUT2D eigenvalue weighted by Gasteiger charge is 2.42. The van der Waals surface area contributed by atoms with Crippen molar-refractivity contribution < 1.29 is 14.3 Å². The summed E-state index contributed by atoms with van der Waals surface area (Å²) in [5.41, 5.74) is 0. The molecule has 2 rings (SSSR count). The lowest BCUT2D eigenvalue weighted by molar-refractivity contribution is -0.152. The maximum absolute atomic E-state index is 12.5. The molecule has 2 fully saturated rings. The number of amides is 2. The van der Waals surface area contributed by atoms with Gasteiger partial charge in [-0.15, -0.1) is 0 Å². The molecule has 0 bridgehead atoms. The third-order valence-electron chi connectivity index (χ3n) is 4.02. The number of ether oxygens (including phenoxy) is 1. The van der Waals surface area contributed by atoms with Crippen molar-refractivity contribution in [2.75, 3.05) is 19.8 Å². The molecular formula is C14H24N2O3. The first-order valence-corrected chi connectivity index (χ1v) is 7.23. The van der Waals surface area contributed by atoms with Gasteiger partial charge < -0.3 is 15.0 Å². The van der Waals surface area contributed by atoms with Gasteiger partial charge in [0.05, 0.1) is 6.61 Å². The molecule has 2 aliphatic rings. The van der Waals surface area contributed by atoms with Crippen molar-refractivity contribution >= 4 is 11.8 Å². The molecule has 3 atom stereocenters. The smallest absolute Gasteiger partial charge is 0.245 e. The Hall–Kier alpha value is -1.10. The molecule has 2 saturated heterocycles. The van der Waals surface area contributed by atoms with Crippen LogP contribution in [0.2, 0.25) is 0 Å². The predicted molar refractivity (Wildman–Crippen MR) is 71.5 cm³/mol. The summed E-state index contributed by atoms with van der Waals surface area (Å²) in [7, 11) is 0. The second kappa shape index (κ2) is 5.90. The van der Waals surface area contributed by atoms with E-state index in [-0.39, 0.29) is 29.8 Å². The van der Waals surface area contributed by atoms with Gasteiger partial charge in [0.1, 0.15) is 12.1 Å². The van der Waals surface area contributed by atoms with Crippen LogP contribution in [0.15, 0.2) is 0 Å². The molecule has 5 heteroatoms. The van der Waals surface area contributed by atoms with E-state index in [0.717, 1.165) is 13.0 Å². The van der Waals surface area contributed by atoms with Gasteiger partial charge in [-0.1, -0.05) is 20.8 Å². The lowest BCUT2D eigenvalue weighted by atomic mass is 9.94. The average molecular weight is 268 g/mol. The second-order valence-electron chi connectivity index (χ2n) is 5.88. The van der Waals surface area contributed by atoms with Crippen LogP contribution in [-0.4, -0.2) is 48.6 Å². The Labute approximate surface area is 114 Å². The molecule has 0 aromatic carbocycles. The van der Waals surface area contributed by atoms with E-state index in [9.17, 15) is 9.59 Å². The van der Waals surface area contributed by atoms with Gasteiger partial charge in [-0.05, 0) is 18.8 Å². The Morgan fingerprint density at radius 2 is 2.16 bits per heavy atom. The third-order valence-corrected chi connectivity index (χ3v) is 4.02. The molecular weight excluding hydrogens is 244 g/mol. The number of hydrogen-bond donors (Lipinski definition) is 1. The van der Waals surface area contributed by atoms with Crippen molar-refractivity contribution in [3.8, 4) is 0 Å². The van der Waals surface area contributed by atoms with E-state index in [4.69, 9.17) is 4.74 Å². The molecule has 19 heavy (non-hydrogen) atoms. The highest BCUT2D eigenvalue weighted by atomic mass is 16.5. The highest BCUT2D eigenvalue weighted by Crippen LogP contribution is 2.23. The zero-order chi connectivity index (χ0) is 14.0. The van der Waals surface area contributed by atoms with Gasteiger partial charge in [-0.3, -0.25) is 9.59 Å². The molecule has 108 valence electrons. The number of carbonyl (C=O) groups is 2. The van der Waals surface area contributed by atoms with Crippen LogP contribution in [0.4, 0.5) is 0 Å². The van der Waals surface area contributed by atoms with Crippen LogP contribution in [0.1, 0.15) is 33.6 Å². The highest BCUT2D eigenvalue weighted by molar-refractivity contribution is 5.97. The summed E-state index contributed by atoms with van der Waals surface area (Å²) in [5, 5.41) is 2.84. The van der Waals surface area contributed by atoms with Crippen molar-refractivity contribution in [2.24, 2.45) is 11.8 Å². The Morgan fingerprint density at radius 3 is 2.68 bits per heavy atom. The van der Waals surface area contributed by atoms with Crippen molar-refractivity contribution in [2.45, 2.75) is 45.7 Å². The van der Waals surface area contributed by atoms with Crippen LogP contribution in [-0.2, 0) is 14.3 Å². The summed E-state index contributed by atoms with van der Waals surface area (Å²) in [5.74, 6) is 0.547. The van der Waals surface area contributed by atoms with Gasteiger partial charge in [0.25, 0.3) is 0 Å². The molecule has 3 unspecified atom stereocenters. The van der Waals surface area contributed by atoms with Crippen molar-refractivity contribution in [1.82, 2.24) is 10.2 Å². The van der Waals surface area contributed by atoms with Gasteiger partial charge in [-0.2, -0.15) is 0 Å². The fourth-order valence-corrected chi connectivity index (χ4v) is 2.95. The van der Waals surface area contributed by atoms with E-state index in [2.05, 4.69) is 5.32 Å². The Balaban J connectivity index is 2.15. The standard InChI is InChI=1S/C14H24N2O3/c1-4-11-14(18)16(7-10-5-6-19-8-10)12(9(2)3)13(17)15-11/h9-12H,4-8H2,1-3H3,(H,15,17). The van der Waals surface area contributed by atoms with E-state index in [1.807, 2.05) is 20.8 Å². The molecule has 1 N–H and O–H groups in total. The van der Waals surface area contributed by atoms with Gasteiger partial charge in [0.15, 0.2) is 0 Å². The fraction of sp³-hybridized carbons (Fsp3) is 0.857. The predicted octanol–water partition coefficient (Wildman–Crippen LogP) is 0.784. The van der Waals surface area contributed by atoms with E-state index < -0.39 is 0 Å². The minimum atomic E-state index is -0.357. The zero-order valence-electron chi connectivity index (χ0n) is 12.0. The van der Waals surface area contributed by atoms with Crippen molar-refractivity contribution in [1.29, 1.82) is 0 Å². The number of nitrogens with one attached hydrogen (secondary N) is 1. The van der Waals surface area contributed by atoms with Crippen molar-refractivity contribution in [3.63, 3.8) is 0 Å². The minimum absolute atomic E-state index is 0.0136. The average Bonchev–Trinajstić information content (AvgIpc) is 2.85. The largest absolute Gasteiger partial charge is 0.381 e. The topological polar surface area (TPSA) is 58.6 Å². The number of hydrogen-bond acceptors (Lipinski definition) is 3. The zero-order valence-corrected chi connectivity index (χ0v) is 12.0. The first-order valence-electron chi connectivity index (χ1n) is 7.23. The number of rotatable bonds is 4. The lowest BCUT2D eigenvalue weighted by Crippen LogP contribution is -2.65. The summed E-state index contributed by atoms with van der Waals surface area (Å²) in [4.78, 5) is 26.5. The molecule has 2 amide bonds. The van der Waals surface area contributed by atoms with Crippen LogP contribution in [0.3, 0.4) is 0 Å². The summed E-state index contributed by atoms with van der Waals surface area (Å²) < 4.78 is 5.37. The van der Waals surface area contributed by atoms with Gasteiger partial charge >= 0.3 is 0 Å². The van der Waals surface area contributed by atoms with Crippen molar-refractivity contribution in [3.05, 3.63) is 0 Å². The van der Waals surface area contributed by atoms with Crippen LogP contribution in [0.25, 0.3) is 0 Å². The monoisotopic (exact) mass is 268 g/mol. The molecule has 0 saturated carbocycles. The summed E-state index contributed by atoms with van der Waals surface area (Å²) >= 11 is 0. The molecule has 0 radical (unpaired) electrons. The Kier molecular flexibility index (Phi) is 4.45. The normalized spacial score (nSPS) is 32.0. The summed E-state index contributed by atoms with van der Waals surface area (Å²) in [6.07, 6.45) is 1.63. The maximum Gasteiger partial charge on any atom is 0.245 e. The Morgan fingerprint density at radius 1 is 1.42 bits per heavy atom. The van der Waals surface area contributed by atoms with Gasteiger partial charge in [-0.25, -0.2) is 0 Å². The van der Waals surface area contributed by atoms with E-state index in [1.54, 1.807) is 4.90 Å². The Bertz CT molecular complexity index is 351. The fourth-order valence-electron chi connectivity index (χ4n) is 2.95. The molecule has 2 heterocycles. The van der Waals surface area contributed by atoms with E-state index in [1.165, 1.54) is 0 Å². The molecule has 5 nitrogen and oxygen atoms in total. The number of piperazine rings is 1. The quantitative estimate of drug-likeness (QED) is 0.820. The second-order valence-corrected chi connectivity index (χ2v) is 5.88. The molecule has 0 spiro atoms. The molecule has 0 aliphatic carbocycles. The SMILES string of the molecule is CCC1NC(=O)C(C(C)C)N(CC2CCOC2)C1=O. The summed E-state index contributed by atoms with van der Waals surface area (Å²) in [6.45, 7) is 8.01. The van der Waals surface area contributed by atoms with Gasteiger partial charge in [0, 0.05) is 19.1 Å². The van der Waals surface area contributed by atoms with Crippen LogP contribution in [0, 0.1) is 11.8 Å². The number of carbonyl (C=O) groups excluding carboxylic acids is 2. The lowest BCUT2D eigenvalue weighted by Gasteiger charge is -2.41. The first-order chi connectivity index (χ1) is 9.04. The van der Waals surface area contributed by atoms with Crippen LogP contribution in [0.5, 0.6) is 0 Å². The molecule has 0 aromatic rings. The first kappa shape index (κ1) is 14.3. The van der Waals surface area contributed by atoms with E-state index >= 15 is 0 Å². The van der Waals surface area contributed by atoms with Crippen LogP contribution < -0.4 is 5.32 Å². The number of nitrogens with zero attached hydrogens (tertiary/aromatic N) is 1. The van der Waals surface area contributed by atoms with E-state index in [0.29, 0.717) is 25.5 Å². The molecule has 2 aliphatic heterocycles. The minimum Gasteiger partial charge on any atom is -0.381 e.